The Kier molecular flexibility index (Phi) is 5.98. The van der Waals surface area contributed by atoms with Gasteiger partial charge in [0.15, 0.2) is 5.82 Å². The van der Waals surface area contributed by atoms with Crippen molar-refractivity contribution in [2.75, 3.05) is 10.7 Å². The summed E-state index contributed by atoms with van der Waals surface area (Å²) < 4.78 is 41.2. The number of fused-ring (bicyclic) bond motifs is 1. The predicted octanol–water partition coefficient (Wildman–Crippen LogP) is 5.67. The van der Waals surface area contributed by atoms with Crippen LogP contribution in [0.2, 0.25) is 0 Å². The molecule has 0 radical (unpaired) electrons. The van der Waals surface area contributed by atoms with Crippen molar-refractivity contribution in [2.45, 2.75) is 29.5 Å². The summed E-state index contributed by atoms with van der Waals surface area (Å²) in [5, 5.41) is 11.0. The van der Waals surface area contributed by atoms with Crippen LogP contribution in [-0.2, 0) is 11.0 Å². The van der Waals surface area contributed by atoms with Crippen LogP contribution in [-0.4, -0.2) is 26.0 Å². The third-order valence-electron chi connectivity index (χ3n) is 5.62. The molecule has 1 aliphatic rings. The average molecular weight is 496 g/mol. The zero-order valence-electron chi connectivity index (χ0n) is 18.5. The number of anilines is 1. The van der Waals surface area contributed by atoms with Crippen molar-refractivity contribution >= 4 is 23.4 Å². The Bertz CT molecular complexity index is 1360. The molecule has 0 fully saturated rings. The summed E-state index contributed by atoms with van der Waals surface area (Å²) >= 11 is 1.21. The van der Waals surface area contributed by atoms with Gasteiger partial charge in [0.1, 0.15) is 5.25 Å². The summed E-state index contributed by atoms with van der Waals surface area (Å²) in [6.07, 6.45) is -4.50. The number of thioether (sulfide) groups is 1. The highest BCUT2D eigenvalue weighted by Crippen LogP contribution is 2.39. The molecule has 35 heavy (non-hydrogen) atoms. The van der Waals surface area contributed by atoms with Crippen LogP contribution < -0.4 is 10.7 Å². The molecule has 4 aromatic rings. The second-order valence-electron chi connectivity index (χ2n) is 8.13. The molecule has 2 N–H and O–H groups in total. The minimum absolute atomic E-state index is 0.0742. The van der Waals surface area contributed by atoms with Gasteiger partial charge < -0.3 is 10.7 Å². The number of aromatic nitrogens is 3. The maximum absolute atomic E-state index is 13.4. The molecule has 10 heteroatoms. The minimum Gasteiger partial charge on any atom is -0.325 e. The fraction of sp³-hybridized carbons (Fsp3) is 0.160. The van der Waals surface area contributed by atoms with Crippen LogP contribution in [0.25, 0.3) is 11.4 Å². The average Bonchev–Trinajstić information content (AvgIpc) is 3.27. The Morgan fingerprint density at radius 2 is 1.74 bits per heavy atom. The lowest BCUT2D eigenvalue weighted by Gasteiger charge is -2.33. The molecule has 6 nitrogen and oxygen atoms in total. The number of halogens is 3. The van der Waals surface area contributed by atoms with Crippen molar-refractivity contribution in [3.05, 3.63) is 95.6 Å². The lowest BCUT2D eigenvalue weighted by atomic mass is 10.0. The van der Waals surface area contributed by atoms with Crippen molar-refractivity contribution in [3.63, 3.8) is 0 Å². The first-order valence-electron chi connectivity index (χ1n) is 10.8. The third kappa shape index (κ3) is 4.74. The van der Waals surface area contributed by atoms with E-state index in [4.69, 9.17) is 0 Å². The fourth-order valence-corrected chi connectivity index (χ4v) is 4.92. The second kappa shape index (κ2) is 9.10. The molecule has 0 aliphatic carbocycles. The summed E-state index contributed by atoms with van der Waals surface area (Å²) in [6, 6.07) is 21.4. The number of aryl methyl sites for hydroxylation is 1. The van der Waals surface area contributed by atoms with Gasteiger partial charge in [-0.1, -0.05) is 78.0 Å². The van der Waals surface area contributed by atoms with Gasteiger partial charge in [-0.15, -0.1) is 10.2 Å². The minimum atomic E-state index is -4.50. The van der Waals surface area contributed by atoms with Gasteiger partial charge in [0.25, 0.3) is 0 Å². The van der Waals surface area contributed by atoms with Crippen LogP contribution in [0.5, 0.6) is 0 Å². The molecule has 5 rings (SSSR count). The Morgan fingerprint density at radius 3 is 2.46 bits per heavy atom. The largest absolute Gasteiger partial charge is 0.416 e. The van der Waals surface area contributed by atoms with E-state index in [9.17, 15) is 18.0 Å². The molecule has 1 aromatic heterocycles. The molecule has 0 spiro atoms. The van der Waals surface area contributed by atoms with Gasteiger partial charge in [0, 0.05) is 11.3 Å². The number of hydrogen-bond acceptors (Lipinski definition) is 5. The number of benzene rings is 3. The number of carbonyl (C=O) groups excluding carboxylic acids is 1. The lowest BCUT2D eigenvalue weighted by Crippen LogP contribution is -2.41. The van der Waals surface area contributed by atoms with Gasteiger partial charge >= 0.3 is 6.18 Å². The van der Waals surface area contributed by atoms with Crippen molar-refractivity contribution in [3.8, 4) is 11.4 Å². The molecule has 2 heterocycles. The van der Waals surface area contributed by atoms with E-state index in [2.05, 4.69) is 20.9 Å². The molecule has 3 aromatic carbocycles. The van der Waals surface area contributed by atoms with E-state index in [0.29, 0.717) is 11.0 Å². The number of carbonyl (C=O) groups is 1. The number of amides is 1. The number of rotatable bonds is 4. The van der Waals surface area contributed by atoms with E-state index in [-0.39, 0.29) is 5.69 Å². The molecule has 0 unspecified atom stereocenters. The zero-order chi connectivity index (χ0) is 24.6. The van der Waals surface area contributed by atoms with Crippen molar-refractivity contribution in [1.29, 1.82) is 0 Å². The normalized spacial score (nSPS) is 17.4. The Hall–Kier alpha value is -3.79. The fourth-order valence-electron chi connectivity index (χ4n) is 3.84. The second-order valence-corrected chi connectivity index (χ2v) is 9.24. The highest BCUT2D eigenvalue weighted by atomic mass is 32.2. The quantitative estimate of drug-likeness (QED) is 0.382. The topological polar surface area (TPSA) is 71.8 Å². The highest BCUT2D eigenvalue weighted by molar-refractivity contribution is 8.00. The summed E-state index contributed by atoms with van der Waals surface area (Å²) in [6.45, 7) is 1.97. The number of alkyl halides is 3. The third-order valence-corrected chi connectivity index (χ3v) is 6.84. The molecule has 178 valence electrons. The van der Waals surface area contributed by atoms with Gasteiger partial charge in [0.2, 0.25) is 11.1 Å². The van der Waals surface area contributed by atoms with E-state index in [1.807, 2.05) is 61.5 Å². The van der Waals surface area contributed by atoms with Crippen LogP contribution in [0.1, 0.15) is 22.7 Å². The standard InChI is InChI=1S/C25H20F3N5OS/c1-15-10-12-16(13-11-15)20-21(23(34)29-19-9-5-8-18(14-19)25(26,27)28)35-24-31-30-22(33(24)32-20)17-6-3-2-4-7-17/h2-14,20-21,32H,1H3,(H,29,34)/t20-,21-/m0/s1. The van der Waals surface area contributed by atoms with Crippen LogP contribution in [0.4, 0.5) is 18.9 Å². The van der Waals surface area contributed by atoms with Gasteiger partial charge in [0.05, 0.1) is 11.6 Å². The first-order chi connectivity index (χ1) is 16.8. The SMILES string of the molecule is Cc1ccc([C@@H]2Nn3c(nnc3-c3ccccc3)S[C@@H]2C(=O)Nc2cccc(C(F)(F)F)c2)cc1. The zero-order valence-corrected chi connectivity index (χ0v) is 19.3. The summed E-state index contributed by atoms with van der Waals surface area (Å²) in [5.41, 5.74) is 5.38. The van der Waals surface area contributed by atoms with Gasteiger partial charge in [-0.3, -0.25) is 4.79 Å². The number of nitrogens with zero attached hydrogens (tertiary/aromatic N) is 3. The van der Waals surface area contributed by atoms with E-state index in [0.717, 1.165) is 28.8 Å². The number of hydrogen-bond donors (Lipinski definition) is 2. The van der Waals surface area contributed by atoms with Crippen molar-refractivity contribution in [2.24, 2.45) is 0 Å². The molecular formula is C25H20F3N5OS. The summed E-state index contributed by atoms with van der Waals surface area (Å²) in [4.78, 5) is 13.4. The maximum atomic E-state index is 13.4. The first kappa shape index (κ1) is 23.0. The number of nitrogens with one attached hydrogen (secondary N) is 2. The first-order valence-corrected chi connectivity index (χ1v) is 11.7. The molecular weight excluding hydrogens is 475 g/mol. The van der Waals surface area contributed by atoms with Crippen molar-refractivity contribution in [1.82, 2.24) is 14.9 Å². The van der Waals surface area contributed by atoms with E-state index in [1.54, 1.807) is 4.68 Å². The van der Waals surface area contributed by atoms with Crippen LogP contribution in [0.15, 0.2) is 84.0 Å². The molecule has 1 aliphatic heterocycles. The Morgan fingerprint density at radius 1 is 1.00 bits per heavy atom. The molecule has 0 bridgehead atoms. The van der Waals surface area contributed by atoms with Crippen LogP contribution in [0, 0.1) is 6.92 Å². The summed E-state index contributed by atoms with van der Waals surface area (Å²) in [7, 11) is 0. The van der Waals surface area contributed by atoms with Crippen molar-refractivity contribution < 1.29 is 18.0 Å². The van der Waals surface area contributed by atoms with E-state index < -0.39 is 28.9 Å². The van der Waals surface area contributed by atoms with Crippen LogP contribution >= 0.6 is 11.8 Å². The molecule has 0 saturated heterocycles. The van der Waals surface area contributed by atoms with E-state index in [1.165, 1.54) is 23.9 Å². The lowest BCUT2D eigenvalue weighted by molar-refractivity contribution is -0.137. The van der Waals surface area contributed by atoms with Gasteiger partial charge in [-0.2, -0.15) is 13.2 Å². The molecule has 2 atom stereocenters. The monoisotopic (exact) mass is 495 g/mol. The predicted molar refractivity (Wildman–Crippen MR) is 128 cm³/mol. The van der Waals surface area contributed by atoms with Crippen LogP contribution in [0.3, 0.4) is 0 Å². The highest BCUT2D eigenvalue weighted by Gasteiger charge is 2.38. The Labute approximate surface area is 203 Å². The Balaban J connectivity index is 1.49. The summed E-state index contributed by atoms with van der Waals surface area (Å²) in [5.74, 6) is 0.157. The maximum Gasteiger partial charge on any atom is 0.416 e. The molecule has 0 saturated carbocycles. The van der Waals surface area contributed by atoms with Gasteiger partial charge in [-0.05, 0) is 30.7 Å². The molecule has 1 amide bonds. The van der Waals surface area contributed by atoms with E-state index >= 15 is 0 Å². The van der Waals surface area contributed by atoms with Gasteiger partial charge in [-0.25, -0.2) is 4.68 Å². The smallest absolute Gasteiger partial charge is 0.325 e.